The fourth-order valence-electron chi connectivity index (χ4n) is 8.85. The third kappa shape index (κ3) is 4.97. The number of hydrogen-bond donors (Lipinski definition) is 2. The Labute approximate surface area is 274 Å². The van der Waals surface area contributed by atoms with E-state index >= 15 is 8.78 Å². The molecule has 0 aliphatic carbocycles. The first-order valence-corrected chi connectivity index (χ1v) is 17.0. The topological polar surface area (TPSA) is 92.4 Å². The molecule has 0 spiro atoms. The Balaban J connectivity index is 1.26. The van der Waals surface area contributed by atoms with Gasteiger partial charge in [-0.1, -0.05) is 44.7 Å². The first-order chi connectivity index (χ1) is 22.8. The van der Waals surface area contributed by atoms with Crippen molar-refractivity contribution in [3.8, 4) is 29.6 Å². The summed E-state index contributed by atoms with van der Waals surface area (Å²) >= 11 is 0. The molecule has 47 heavy (non-hydrogen) atoms. The van der Waals surface area contributed by atoms with Crippen LogP contribution < -0.4 is 20.7 Å². The van der Waals surface area contributed by atoms with Crippen LogP contribution in [0.1, 0.15) is 57.9 Å². The highest BCUT2D eigenvalue weighted by Gasteiger charge is 2.51. The normalized spacial score (nSPS) is 27.1. The molecule has 2 aromatic carbocycles. The zero-order valence-electron chi connectivity index (χ0n) is 27.0. The second-order valence-electron chi connectivity index (χ2n) is 14.1. The van der Waals surface area contributed by atoms with Crippen LogP contribution in [-0.2, 0) is 0 Å². The molecule has 4 aliphatic heterocycles. The van der Waals surface area contributed by atoms with Crippen LogP contribution in [0.3, 0.4) is 0 Å². The molecule has 10 heteroatoms. The molecule has 8 rings (SSSR count). The van der Waals surface area contributed by atoms with Gasteiger partial charge in [0.15, 0.2) is 11.6 Å². The lowest BCUT2D eigenvalue weighted by molar-refractivity contribution is 0.107. The molecule has 4 fully saturated rings. The largest absolute Gasteiger partial charge is 0.461 e. The maximum Gasteiger partial charge on any atom is 0.319 e. The summed E-state index contributed by atoms with van der Waals surface area (Å²) in [4.78, 5) is 19.0. The van der Waals surface area contributed by atoms with Gasteiger partial charge in [-0.2, -0.15) is 9.97 Å². The van der Waals surface area contributed by atoms with Gasteiger partial charge in [-0.05, 0) is 55.0 Å². The summed E-state index contributed by atoms with van der Waals surface area (Å²) in [5.41, 5.74) is 6.11. The number of benzene rings is 2. The maximum absolute atomic E-state index is 17.0. The van der Waals surface area contributed by atoms with E-state index in [0.29, 0.717) is 58.1 Å². The molecule has 2 aromatic heterocycles. The molecule has 0 amide bonds. The lowest BCUT2D eigenvalue weighted by atomic mass is 9.86. The van der Waals surface area contributed by atoms with Gasteiger partial charge in [0.1, 0.15) is 23.6 Å². The number of nitrogens with two attached hydrogens (primary N) is 1. The van der Waals surface area contributed by atoms with Crippen LogP contribution in [0.2, 0.25) is 0 Å². The average molecular weight is 638 g/mol. The number of aromatic nitrogens is 3. The second kappa shape index (κ2) is 11.6. The Morgan fingerprint density at radius 2 is 1.77 bits per heavy atom. The van der Waals surface area contributed by atoms with Crippen LogP contribution in [-0.4, -0.2) is 70.3 Å². The molecule has 3 N–H and O–H groups in total. The van der Waals surface area contributed by atoms with Crippen LogP contribution in [0.15, 0.2) is 30.5 Å². The number of halogens is 2. The van der Waals surface area contributed by atoms with E-state index in [9.17, 15) is 0 Å². The lowest BCUT2D eigenvalue weighted by Gasteiger charge is -2.34. The number of piperazine rings is 1. The van der Waals surface area contributed by atoms with Crippen molar-refractivity contribution >= 4 is 33.2 Å². The first-order valence-electron chi connectivity index (χ1n) is 17.0. The van der Waals surface area contributed by atoms with E-state index in [2.05, 4.69) is 39.9 Å². The Kier molecular flexibility index (Phi) is 7.45. The van der Waals surface area contributed by atoms with Crippen molar-refractivity contribution in [2.45, 2.75) is 70.0 Å². The molecule has 8 nitrogen and oxygen atoms in total. The van der Waals surface area contributed by atoms with Gasteiger partial charge in [0.2, 0.25) is 0 Å². The van der Waals surface area contributed by atoms with E-state index in [-0.39, 0.29) is 34.0 Å². The van der Waals surface area contributed by atoms with Crippen LogP contribution in [0.4, 0.5) is 20.3 Å². The number of nitrogens with one attached hydrogen (secondary N) is 1. The molecule has 0 saturated carbocycles. The molecule has 2 bridgehead atoms. The minimum absolute atomic E-state index is 0.0408. The standard InChI is InChI=1S/C37H41F2N7O/c1-4-21-13-37(14-22(5-2)17-46(37)16-21)20-47-36-43-33-27(35(44-36)45-18-25-10-11-26(19-45)42-25)15-41-34(32(33)39)30-29-23(6-3)8-7-9-24(29)12-28(40)31(30)38/h3,7-9,12,15,21-22,25-26,42H,4-5,10-11,13-14,16-20,40H2,1-2H3/t21?,22?,25-,26+,37?. The van der Waals surface area contributed by atoms with Crippen molar-refractivity contribution in [1.29, 1.82) is 0 Å². The van der Waals surface area contributed by atoms with Crippen LogP contribution >= 0.6 is 0 Å². The first kappa shape index (κ1) is 30.3. The maximum atomic E-state index is 17.0. The third-order valence-corrected chi connectivity index (χ3v) is 11.3. The summed E-state index contributed by atoms with van der Waals surface area (Å²) in [6.07, 6.45) is 13.9. The van der Waals surface area contributed by atoms with Gasteiger partial charge < -0.3 is 20.7 Å². The lowest BCUT2D eigenvalue weighted by Crippen LogP contribution is -2.51. The van der Waals surface area contributed by atoms with E-state index < -0.39 is 11.6 Å². The van der Waals surface area contributed by atoms with E-state index in [1.807, 2.05) is 0 Å². The van der Waals surface area contributed by atoms with Gasteiger partial charge in [0.25, 0.3) is 0 Å². The highest BCUT2D eigenvalue weighted by atomic mass is 19.1. The molecule has 244 valence electrons. The zero-order chi connectivity index (χ0) is 32.4. The predicted molar refractivity (Wildman–Crippen MR) is 181 cm³/mol. The SMILES string of the molecule is C#Cc1cccc2cc(N)c(F)c(-c3ncc4c(N5C[C@H]6CC[C@@H](C5)N6)nc(OCC56CC(CC)CN5CC(CC)C6)nc4c3F)c12. The number of pyridine rings is 1. The predicted octanol–water partition coefficient (Wildman–Crippen LogP) is 5.91. The summed E-state index contributed by atoms with van der Waals surface area (Å²) in [6, 6.07) is 7.55. The highest BCUT2D eigenvalue weighted by Crippen LogP contribution is 2.46. The van der Waals surface area contributed by atoms with Gasteiger partial charge >= 0.3 is 6.01 Å². The summed E-state index contributed by atoms with van der Waals surface area (Å²) in [5, 5.41) is 5.11. The summed E-state index contributed by atoms with van der Waals surface area (Å²) in [7, 11) is 0. The van der Waals surface area contributed by atoms with E-state index in [0.717, 1.165) is 64.7 Å². The van der Waals surface area contributed by atoms with Crippen molar-refractivity contribution in [1.82, 2.24) is 25.2 Å². The van der Waals surface area contributed by atoms with Crippen molar-refractivity contribution < 1.29 is 13.5 Å². The summed E-state index contributed by atoms with van der Waals surface area (Å²) < 4.78 is 39.4. The molecule has 0 radical (unpaired) electrons. The number of fused-ring (bicyclic) bond motifs is 5. The summed E-state index contributed by atoms with van der Waals surface area (Å²) in [6.45, 7) is 8.58. The third-order valence-electron chi connectivity index (χ3n) is 11.3. The number of rotatable bonds is 7. The van der Waals surface area contributed by atoms with Gasteiger partial charge in [-0.3, -0.25) is 9.88 Å². The van der Waals surface area contributed by atoms with E-state index in [4.69, 9.17) is 26.9 Å². The van der Waals surface area contributed by atoms with Crippen molar-refractivity contribution in [2.75, 3.05) is 43.4 Å². The second-order valence-corrected chi connectivity index (χ2v) is 14.1. The quantitative estimate of drug-likeness (QED) is 0.191. The minimum atomic E-state index is -0.770. The number of hydrogen-bond acceptors (Lipinski definition) is 8. The molecular weight excluding hydrogens is 596 g/mol. The van der Waals surface area contributed by atoms with Gasteiger partial charge in [0, 0.05) is 55.4 Å². The minimum Gasteiger partial charge on any atom is -0.461 e. The van der Waals surface area contributed by atoms with Crippen LogP contribution in [0, 0.1) is 35.8 Å². The van der Waals surface area contributed by atoms with E-state index in [1.54, 1.807) is 24.4 Å². The molecule has 4 saturated heterocycles. The fraction of sp³-hybridized carbons (Fsp3) is 0.486. The number of anilines is 2. The molecular formula is C37H41F2N7O. The van der Waals surface area contributed by atoms with Gasteiger partial charge in [-0.25, -0.2) is 8.78 Å². The van der Waals surface area contributed by atoms with Crippen molar-refractivity contribution in [3.63, 3.8) is 0 Å². The molecule has 4 aliphatic rings. The summed E-state index contributed by atoms with van der Waals surface area (Å²) in [5.74, 6) is 2.93. The monoisotopic (exact) mass is 637 g/mol. The van der Waals surface area contributed by atoms with Crippen molar-refractivity contribution in [2.24, 2.45) is 11.8 Å². The van der Waals surface area contributed by atoms with Gasteiger partial charge in [0.05, 0.1) is 22.2 Å². The van der Waals surface area contributed by atoms with Crippen molar-refractivity contribution in [3.05, 3.63) is 47.7 Å². The Bertz CT molecular complexity index is 1900. The number of nitrogen functional groups attached to an aromatic ring is 1. The average Bonchev–Trinajstić information content (AvgIpc) is 3.73. The fourth-order valence-corrected chi connectivity index (χ4v) is 8.85. The number of nitrogens with zero attached hydrogens (tertiary/aromatic N) is 5. The molecule has 4 atom stereocenters. The Morgan fingerprint density at radius 3 is 2.45 bits per heavy atom. The highest BCUT2D eigenvalue weighted by molar-refractivity contribution is 6.04. The molecule has 6 heterocycles. The van der Waals surface area contributed by atoms with Crippen LogP contribution in [0.5, 0.6) is 6.01 Å². The van der Waals surface area contributed by atoms with Gasteiger partial charge in [-0.15, -0.1) is 6.42 Å². The number of ether oxygens (including phenoxy) is 1. The Hall–Kier alpha value is -4.07. The molecule has 4 aromatic rings. The zero-order valence-corrected chi connectivity index (χ0v) is 27.0. The molecule has 2 unspecified atom stereocenters. The van der Waals surface area contributed by atoms with E-state index in [1.165, 1.54) is 6.07 Å². The Morgan fingerprint density at radius 1 is 1.04 bits per heavy atom. The smallest absolute Gasteiger partial charge is 0.319 e. The number of terminal acetylenes is 1. The van der Waals surface area contributed by atoms with Crippen LogP contribution in [0.25, 0.3) is 32.9 Å².